The van der Waals surface area contributed by atoms with Crippen molar-refractivity contribution in [1.82, 2.24) is 25.8 Å². The van der Waals surface area contributed by atoms with E-state index in [0.717, 1.165) is 11.1 Å². The molecule has 1 heterocycles. The van der Waals surface area contributed by atoms with E-state index in [9.17, 15) is 29.1 Å². The molecular weight excluding hydrogens is 811 g/mol. The second-order valence-electron chi connectivity index (χ2n) is 16.6. The van der Waals surface area contributed by atoms with Crippen LogP contribution >= 0.6 is 0 Å². The van der Waals surface area contributed by atoms with Crippen LogP contribution in [0.5, 0.6) is 0 Å². The van der Waals surface area contributed by atoms with E-state index in [0.29, 0.717) is 78.5 Å². The van der Waals surface area contributed by atoms with E-state index in [-0.39, 0.29) is 57.0 Å². The Kier molecular flexibility index (Phi) is 24.4. The minimum atomic E-state index is -1.44. The van der Waals surface area contributed by atoms with Gasteiger partial charge in [-0.2, -0.15) is 0 Å². The van der Waals surface area contributed by atoms with Crippen molar-refractivity contribution in [3.05, 3.63) is 71.8 Å². The number of amides is 4. The van der Waals surface area contributed by atoms with E-state index in [2.05, 4.69) is 20.9 Å². The standard InChI is InChI=1S/C46H73N7O10/c1-34(2)31-39(51-43(56)40(33-36-15-9-6-10-16-36)50-41(54)37(47)32-35-13-7-5-8-14-35)42(55)49-38(44(57)53-21-18-46(48,19-22-53)45(58)59)17-11-12-20-52(23-25-62-29-27-60-3)24-26-63-30-28-61-4/h5-10,13-16,34,37-40H,11-12,17-33,47-48H2,1-4H3,(H,49,55)(H,50,54)(H,51,56)(H,58,59). The number of likely N-dealkylation sites (tertiary alicyclic amines) is 1. The lowest BCUT2D eigenvalue weighted by Gasteiger charge is -2.38. The van der Waals surface area contributed by atoms with Crippen LogP contribution in [-0.2, 0) is 55.8 Å². The second-order valence-corrected chi connectivity index (χ2v) is 16.6. The number of hydrogen-bond acceptors (Lipinski definition) is 12. The van der Waals surface area contributed by atoms with E-state index in [4.69, 9.17) is 30.4 Å². The predicted molar refractivity (Wildman–Crippen MR) is 240 cm³/mol. The smallest absolute Gasteiger partial charge is 0.323 e. The number of carboxylic acid groups (broad SMARTS) is 1. The fourth-order valence-electron chi connectivity index (χ4n) is 7.26. The van der Waals surface area contributed by atoms with Gasteiger partial charge in [0.2, 0.25) is 23.6 Å². The Bertz CT molecular complexity index is 1630. The number of aliphatic carboxylic acids is 1. The summed E-state index contributed by atoms with van der Waals surface area (Å²) in [7, 11) is 3.24. The summed E-state index contributed by atoms with van der Waals surface area (Å²) in [5.74, 6) is -3.11. The summed E-state index contributed by atoms with van der Waals surface area (Å²) < 4.78 is 21.6. The van der Waals surface area contributed by atoms with Gasteiger partial charge in [-0.1, -0.05) is 74.5 Å². The molecule has 0 aliphatic carbocycles. The largest absolute Gasteiger partial charge is 0.480 e. The number of unbranched alkanes of at least 4 members (excludes halogenated alkanes) is 1. The minimum Gasteiger partial charge on any atom is -0.480 e. The van der Waals surface area contributed by atoms with Crippen molar-refractivity contribution in [3.63, 3.8) is 0 Å². The average Bonchev–Trinajstić information content (AvgIpc) is 3.26. The summed E-state index contributed by atoms with van der Waals surface area (Å²) in [6.07, 6.45) is 2.37. The molecule has 1 saturated heterocycles. The number of nitrogens with one attached hydrogen (secondary N) is 3. The number of benzene rings is 2. The average molecular weight is 884 g/mol. The lowest BCUT2D eigenvalue weighted by Crippen LogP contribution is -2.60. The molecule has 0 bridgehead atoms. The zero-order valence-corrected chi connectivity index (χ0v) is 37.8. The quantitative estimate of drug-likeness (QED) is 0.0590. The normalized spacial score (nSPS) is 15.7. The molecule has 4 amide bonds. The van der Waals surface area contributed by atoms with Gasteiger partial charge in [-0.25, -0.2) is 0 Å². The molecule has 4 unspecified atom stereocenters. The van der Waals surface area contributed by atoms with Crippen LogP contribution in [0.25, 0.3) is 0 Å². The van der Waals surface area contributed by atoms with E-state index < -0.39 is 53.4 Å². The minimum absolute atomic E-state index is 0.0320. The van der Waals surface area contributed by atoms with Gasteiger partial charge >= 0.3 is 5.97 Å². The number of carboxylic acids is 1. The summed E-state index contributed by atoms with van der Waals surface area (Å²) in [5, 5.41) is 18.4. The van der Waals surface area contributed by atoms with Crippen LogP contribution in [-0.4, -0.2) is 161 Å². The number of nitrogens with zero attached hydrogens (tertiary/aromatic N) is 2. The van der Waals surface area contributed by atoms with Crippen LogP contribution < -0.4 is 27.4 Å². The van der Waals surface area contributed by atoms with Crippen LogP contribution in [0.2, 0.25) is 0 Å². The Hall–Kier alpha value is -4.49. The lowest BCUT2D eigenvalue weighted by atomic mass is 9.88. The number of nitrogens with two attached hydrogens (primary N) is 2. The van der Waals surface area contributed by atoms with Gasteiger partial charge in [-0.3, -0.25) is 28.9 Å². The Morgan fingerprint density at radius 3 is 1.73 bits per heavy atom. The lowest BCUT2D eigenvalue weighted by molar-refractivity contribution is -0.148. The zero-order valence-electron chi connectivity index (χ0n) is 37.8. The molecule has 17 heteroatoms. The Morgan fingerprint density at radius 1 is 0.698 bits per heavy atom. The Morgan fingerprint density at radius 2 is 1.21 bits per heavy atom. The summed E-state index contributed by atoms with van der Waals surface area (Å²) in [6.45, 7) is 9.06. The van der Waals surface area contributed by atoms with Crippen molar-refractivity contribution in [2.24, 2.45) is 17.4 Å². The fourth-order valence-corrected chi connectivity index (χ4v) is 7.26. The van der Waals surface area contributed by atoms with Crippen molar-refractivity contribution in [2.45, 2.75) is 94.9 Å². The van der Waals surface area contributed by atoms with Gasteiger partial charge < -0.3 is 56.4 Å². The predicted octanol–water partition coefficient (Wildman–Crippen LogP) is 1.50. The van der Waals surface area contributed by atoms with Crippen LogP contribution in [0.15, 0.2) is 60.7 Å². The highest BCUT2D eigenvalue weighted by Gasteiger charge is 2.40. The van der Waals surface area contributed by atoms with Gasteiger partial charge in [0.25, 0.3) is 0 Å². The van der Waals surface area contributed by atoms with Crippen molar-refractivity contribution in [1.29, 1.82) is 0 Å². The number of ether oxygens (including phenoxy) is 4. The molecule has 2 aromatic carbocycles. The zero-order chi connectivity index (χ0) is 46.0. The maximum atomic E-state index is 14.3. The molecule has 8 N–H and O–H groups in total. The first kappa shape index (κ1) is 52.9. The molecule has 0 spiro atoms. The molecule has 1 fully saturated rings. The van der Waals surface area contributed by atoms with Gasteiger partial charge in [-0.05, 0) is 68.5 Å². The molecule has 1 aliphatic heterocycles. The highest BCUT2D eigenvalue weighted by molar-refractivity contribution is 5.95. The first-order valence-corrected chi connectivity index (χ1v) is 22.2. The van der Waals surface area contributed by atoms with Crippen LogP contribution in [0.1, 0.15) is 63.5 Å². The van der Waals surface area contributed by atoms with Gasteiger partial charge in [0.15, 0.2) is 0 Å². The second kappa shape index (κ2) is 29.1. The van der Waals surface area contributed by atoms with Gasteiger partial charge in [0.1, 0.15) is 23.7 Å². The number of rotatable bonds is 31. The van der Waals surface area contributed by atoms with E-state index >= 15 is 0 Å². The topological polar surface area (TPSA) is 237 Å². The van der Waals surface area contributed by atoms with Crippen LogP contribution in [0.3, 0.4) is 0 Å². The number of hydrogen-bond donors (Lipinski definition) is 6. The van der Waals surface area contributed by atoms with E-state index in [1.165, 1.54) is 0 Å². The third kappa shape index (κ3) is 19.8. The highest BCUT2D eigenvalue weighted by atomic mass is 16.5. The SMILES string of the molecule is COCCOCCN(CCCCC(NC(=O)C(CC(C)C)NC(=O)C(Cc1ccccc1)NC(=O)C(N)Cc1ccccc1)C(=O)N1CCC(N)(C(=O)O)CC1)CCOCCOC. The molecule has 0 radical (unpaired) electrons. The maximum Gasteiger partial charge on any atom is 0.323 e. The summed E-state index contributed by atoms with van der Waals surface area (Å²) >= 11 is 0. The van der Waals surface area contributed by atoms with Crippen molar-refractivity contribution >= 4 is 29.6 Å². The van der Waals surface area contributed by atoms with Gasteiger partial charge in [0, 0.05) is 46.8 Å². The molecular formula is C46H73N7O10. The van der Waals surface area contributed by atoms with Crippen molar-refractivity contribution in [2.75, 3.05) is 86.6 Å². The van der Waals surface area contributed by atoms with Crippen molar-refractivity contribution in [3.8, 4) is 0 Å². The molecule has 63 heavy (non-hydrogen) atoms. The van der Waals surface area contributed by atoms with Crippen LogP contribution in [0.4, 0.5) is 0 Å². The molecule has 1 aliphatic rings. The molecule has 17 nitrogen and oxygen atoms in total. The monoisotopic (exact) mass is 884 g/mol. The molecule has 3 rings (SSSR count). The summed E-state index contributed by atoms with van der Waals surface area (Å²) in [5.41, 5.74) is 12.7. The molecule has 4 atom stereocenters. The van der Waals surface area contributed by atoms with E-state index in [1.807, 2.05) is 74.5 Å². The summed E-state index contributed by atoms with van der Waals surface area (Å²) in [6, 6.07) is 14.6. The van der Waals surface area contributed by atoms with Gasteiger partial charge in [-0.15, -0.1) is 0 Å². The van der Waals surface area contributed by atoms with E-state index in [1.54, 1.807) is 19.1 Å². The molecule has 2 aromatic rings. The number of piperidine rings is 1. The van der Waals surface area contributed by atoms with Gasteiger partial charge in [0.05, 0.1) is 45.7 Å². The molecule has 352 valence electrons. The third-order valence-electron chi connectivity index (χ3n) is 11.1. The maximum absolute atomic E-state index is 14.3. The third-order valence-corrected chi connectivity index (χ3v) is 11.1. The van der Waals surface area contributed by atoms with Crippen LogP contribution in [0, 0.1) is 5.92 Å². The highest BCUT2D eigenvalue weighted by Crippen LogP contribution is 2.22. The Balaban J connectivity index is 1.77. The summed E-state index contributed by atoms with van der Waals surface area (Å²) in [4.78, 5) is 71.7. The molecule has 0 aromatic heterocycles. The number of carbonyl (C=O) groups is 5. The van der Waals surface area contributed by atoms with Crippen molar-refractivity contribution < 1.29 is 48.0 Å². The molecule has 0 saturated carbocycles. The first-order valence-electron chi connectivity index (χ1n) is 22.2. The number of methoxy groups -OCH3 is 2. The Labute approximate surface area is 373 Å². The first-order chi connectivity index (χ1) is 30.3. The number of carbonyl (C=O) groups excluding carboxylic acids is 4. The fraction of sp³-hybridized carbons (Fsp3) is 0.630.